The number of ether oxygens (including phenoxy) is 1. The number of anilines is 2. The number of esters is 1. The molecule has 164 valence electrons. The third-order valence-electron chi connectivity index (χ3n) is 5.35. The average Bonchev–Trinajstić information content (AvgIpc) is 2.83. The van der Waals surface area contributed by atoms with Crippen molar-refractivity contribution in [3.8, 4) is 0 Å². The number of benzene rings is 3. The highest BCUT2D eigenvalue weighted by molar-refractivity contribution is 6.08. The number of para-hydroxylation sites is 2. The molecule has 3 N–H and O–H groups in total. The zero-order chi connectivity index (χ0) is 22.3. The monoisotopic (exact) mass is 429 g/mol. The highest BCUT2D eigenvalue weighted by Crippen LogP contribution is 2.31. The van der Waals surface area contributed by atoms with Crippen molar-refractivity contribution in [2.24, 2.45) is 0 Å². The van der Waals surface area contributed by atoms with Crippen LogP contribution in [0.25, 0.3) is 21.8 Å². The largest absolute Gasteiger partial charge is 0.464 e. The second kappa shape index (κ2) is 10.1. The number of pyridine rings is 1. The van der Waals surface area contributed by atoms with Crippen molar-refractivity contribution in [3.05, 3.63) is 78.4 Å². The van der Waals surface area contributed by atoms with Gasteiger partial charge in [-0.15, -0.1) is 0 Å². The molecule has 0 aliphatic carbocycles. The molecule has 0 bridgehead atoms. The van der Waals surface area contributed by atoms with Gasteiger partial charge in [0.15, 0.2) is 0 Å². The molecular weight excluding hydrogens is 402 g/mol. The lowest BCUT2D eigenvalue weighted by atomic mass is 10.1. The fourth-order valence-electron chi connectivity index (χ4n) is 3.80. The molecule has 0 aliphatic heterocycles. The first-order valence-corrected chi connectivity index (χ1v) is 10.8. The van der Waals surface area contributed by atoms with Crippen molar-refractivity contribution < 1.29 is 14.6 Å². The van der Waals surface area contributed by atoms with E-state index in [-0.39, 0.29) is 12.6 Å². The fourth-order valence-corrected chi connectivity index (χ4v) is 3.80. The predicted molar refractivity (Wildman–Crippen MR) is 129 cm³/mol. The van der Waals surface area contributed by atoms with Crippen LogP contribution in [0.3, 0.4) is 0 Å². The summed E-state index contributed by atoms with van der Waals surface area (Å²) in [5.41, 5.74) is 4.36. The normalized spacial score (nSPS) is 11.9. The second-order valence-corrected chi connectivity index (χ2v) is 7.54. The Morgan fingerprint density at radius 3 is 2.34 bits per heavy atom. The van der Waals surface area contributed by atoms with E-state index in [1.807, 2.05) is 79.7 Å². The summed E-state index contributed by atoms with van der Waals surface area (Å²) in [5.74, 6) is -0.289. The van der Waals surface area contributed by atoms with Crippen molar-refractivity contribution >= 4 is 39.1 Å². The molecule has 0 amide bonds. The van der Waals surface area contributed by atoms with E-state index in [1.54, 1.807) is 0 Å². The third kappa shape index (κ3) is 4.81. The van der Waals surface area contributed by atoms with Crippen LogP contribution in [-0.2, 0) is 16.1 Å². The summed E-state index contributed by atoms with van der Waals surface area (Å²) < 4.78 is 5.36. The molecule has 4 aromatic rings. The Balaban J connectivity index is 1.61. The van der Waals surface area contributed by atoms with Crippen LogP contribution >= 0.6 is 0 Å². The minimum atomic E-state index is -0.530. The fraction of sp³-hybridized carbons (Fsp3) is 0.231. The molecule has 0 saturated heterocycles. The van der Waals surface area contributed by atoms with Crippen molar-refractivity contribution in [2.45, 2.75) is 26.0 Å². The van der Waals surface area contributed by atoms with Gasteiger partial charge in [-0.05, 0) is 43.2 Å². The summed E-state index contributed by atoms with van der Waals surface area (Å²) >= 11 is 0. The van der Waals surface area contributed by atoms with Crippen molar-refractivity contribution in [1.29, 1.82) is 0 Å². The Labute approximate surface area is 187 Å². The number of fused-ring (bicyclic) bond motifs is 2. The molecule has 0 spiro atoms. The summed E-state index contributed by atoms with van der Waals surface area (Å²) in [6.45, 7) is 2.68. The van der Waals surface area contributed by atoms with Gasteiger partial charge in [0.1, 0.15) is 6.04 Å². The van der Waals surface area contributed by atoms with Gasteiger partial charge in [-0.25, -0.2) is 9.78 Å². The van der Waals surface area contributed by atoms with E-state index in [4.69, 9.17) is 9.72 Å². The number of hydrogen-bond acceptors (Lipinski definition) is 6. The van der Waals surface area contributed by atoms with E-state index in [0.717, 1.165) is 38.7 Å². The molecule has 1 heterocycles. The number of carbonyl (C=O) groups excluding carboxylic acids is 1. The molecule has 4 rings (SSSR count). The van der Waals surface area contributed by atoms with Crippen LogP contribution in [0.1, 0.15) is 18.9 Å². The quantitative estimate of drug-likeness (QED) is 0.264. The van der Waals surface area contributed by atoms with Gasteiger partial charge in [0, 0.05) is 23.0 Å². The first kappa shape index (κ1) is 21.6. The molecular formula is C26H27N3O3. The van der Waals surface area contributed by atoms with E-state index < -0.39 is 6.04 Å². The number of nitrogens with one attached hydrogen (secondary N) is 2. The van der Waals surface area contributed by atoms with E-state index in [9.17, 15) is 9.90 Å². The maximum Gasteiger partial charge on any atom is 0.328 e. The second-order valence-electron chi connectivity index (χ2n) is 7.54. The van der Waals surface area contributed by atoms with Gasteiger partial charge in [0.05, 0.1) is 29.9 Å². The molecule has 1 unspecified atom stereocenters. The molecule has 6 nitrogen and oxygen atoms in total. The van der Waals surface area contributed by atoms with Crippen LogP contribution in [0.15, 0.2) is 72.8 Å². The minimum Gasteiger partial charge on any atom is -0.464 e. The molecule has 1 atom stereocenters. The first-order valence-electron chi connectivity index (χ1n) is 10.8. The number of carbonyl (C=O) groups is 1. The van der Waals surface area contributed by atoms with Crippen molar-refractivity contribution in [3.63, 3.8) is 0 Å². The van der Waals surface area contributed by atoms with E-state index in [1.165, 1.54) is 0 Å². The SMILES string of the molecule is CCOC(=O)C(CCNc1cccc(CO)c1)Nc1c2ccccc2nc2ccccc12. The number of nitrogens with zero attached hydrogens (tertiary/aromatic N) is 1. The molecule has 1 aromatic heterocycles. The van der Waals surface area contributed by atoms with Crippen molar-refractivity contribution in [2.75, 3.05) is 23.8 Å². The molecule has 6 heteroatoms. The Morgan fingerprint density at radius 1 is 1.00 bits per heavy atom. The Hall–Kier alpha value is -3.64. The Kier molecular flexibility index (Phi) is 6.82. The number of rotatable bonds is 9. The highest BCUT2D eigenvalue weighted by atomic mass is 16.5. The molecule has 0 aliphatic rings. The lowest BCUT2D eigenvalue weighted by Crippen LogP contribution is -2.33. The molecule has 0 saturated carbocycles. The summed E-state index contributed by atoms with van der Waals surface area (Å²) in [6, 6.07) is 22.9. The maximum absolute atomic E-state index is 12.8. The van der Waals surface area contributed by atoms with Gasteiger partial charge >= 0.3 is 5.97 Å². The third-order valence-corrected chi connectivity index (χ3v) is 5.35. The molecule has 32 heavy (non-hydrogen) atoms. The van der Waals surface area contributed by atoms with E-state index in [0.29, 0.717) is 19.6 Å². The molecule has 0 radical (unpaired) electrons. The molecule has 3 aromatic carbocycles. The zero-order valence-electron chi connectivity index (χ0n) is 18.0. The Morgan fingerprint density at radius 2 is 1.69 bits per heavy atom. The lowest BCUT2D eigenvalue weighted by Gasteiger charge is -2.21. The summed E-state index contributed by atoms with van der Waals surface area (Å²) in [7, 11) is 0. The standard InChI is InChI=1S/C26H27N3O3/c1-2-32-26(31)24(14-15-27-19-9-7-8-18(16-19)17-30)29-25-20-10-3-5-12-22(20)28-23-13-6-4-11-21(23)25/h3-13,16,24,27,30H,2,14-15,17H2,1H3,(H,28,29). The van der Waals surface area contributed by atoms with E-state index >= 15 is 0 Å². The topological polar surface area (TPSA) is 83.5 Å². The van der Waals surface area contributed by atoms with Gasteiger partial charge in [-0.1, -0.05) is 48.5 Å². The summed E-state index contributed by atoms with van der Waals surface area (Å²) in [6.07, 6.45) is 0.521. The van der Waals surface area contributed by atoms with Crippen LogP contribution in [0.2, 0.25) is 0 Å². The van der Waals surface area contributed by atoms with Crippen LogP contribution < -0.4 is 10.6 Å². The van der Waals surface area contributed by atoms with Crippen molar-refractivity contribution in [1.82, 2.24) is 4.98 Å². The van der Waals surface area contributed by atoms with Gasteiger partial charge in [0.25, 0.3) is 0 Å². The summed E-state index contributed by atoms with van der Waals surface area (Å²) in [4.78, 5) is 17.6. The number of aromatic nitrogens is 1. The van der Waals surface area contributed by atoms with Gasteiger partial charge in [-0.2, -0.15) is 0 Å². The maximum atomic E-state index is 12.8. The summed E-state index contributed by atoms with van der Waals surface area (Å²) in [5, 5.41) is 18.1. The van der Waals surface area contributed by atoms with Crippen LogP contribution in [0, 0.1) is 0 Å². The number of aliphatic hydroxyl groups is 1. The highest BCUT2D eigenvalue weighted by Gasteiger charge is 2.21. The lowest BCUT2D eigenvalue weighted by molar-refractivity contribution is -0.144. The first-order chi connectivity index (χ1) is 15.7. The zero-order valence-corrected chi connectivity index (χ0v) is 18.0. The van der Waals surface area contributed by atoms with Crippen LogP contribution in [0.4, 0.5) is 11.4 Å². The van der Waals surface area contributed by atoms with Crippen LogP contribution in [0.5, 0.6) is 0 Å². The van der Waals surface area contributed by atoms with Crippen LogP contribution in [-0.4, -0.2) is 35.3 Å². The van der Waals surface area contributed by atoms with Gasteiger partial charge in [-0.3, -0.25) is 0 Å². The predicted octanol–water partition coefficient (Wildman–Crippen LogP) is 4.73. The Bertz CT molecular complexity index is 1170. The minimum absolute atomic E-state index is 0.00921. The van der Waals surface area contributed by atoms with E-state index in [2.05, 4.69) is 10.6 Å². The van der Waals surface area contributed by atoms with Gasteiger partial charge < -0.3 is 20.5 Å². The average molecular weight is 430 g/mol. The molecule has 0 fully saturated rings. The smallest absolute Gasteiger partial charge is 0.328 e. The number of hydrogen-bond donors (Lipinski definition) is 3. The van der Waals surface area contributed by atoms with Gasteiger partial charge in [0.2, 0.25) is 0 Å². The number of aliphatic hydroxyl groups excluding tert-OH is 1.